The zero-order valence-electron chi connectivity index (χ0n) is 16.3. The van der Waals surface area contributed by atoms with Gasteiger partial charge in [0.1, 0.15) is 5.75 Å². The number of halogens is 2. The van der Waals surface area contributed by atoms with Crippen LogP contribution in [0.5, 0.6) is 5.75 Å². The molecule has 0 atom stereocenters. The molecule has 0 radical (unpaired) electrons. The Morgan fingerprint density at radius 1 is 0.967 bits per heavy atom. The van der Waals surface area contributed by atoms with Crippen LogP contribution < -0.4 is 9.64 Å². The molecule has 1 fully saturated rings. The van der Waals surface area contributed by atoms with Gasteiger partial charge in [-0.3, -0.25) is 4.79 Å². The fraction of sp³-hybridized carbons (Fsp3) is 0.217. The number of hydrogen-bond acceptors (Lipinski definition) is 4. The number of carbonyl (C=O) groups excluding carboxylic acids is 1. The lowest BCUT2D eigenvalue weighted by atomic mass is 10.0. The van der Waals surface area contributed by atoms with E-state index in [1.165, 1.54) is 6.21 Å². The second kappa shape index (κ2) is 8.94. The fourth-order valence-corrected chi connectivity index (χ4v) is 3.97. The molecule has 154 valence electrons. The number of nitrogens with zero attached hydrogens (tertiary/aromatic N) is 2. The third-order valence-electron chi connectivity index (χ3n) is 5.33. The zero-order chi connectivity index (χ0) is 21.1. The number of amides is 1. The molecule has 1 heterocycles. The Balaban J connectivity index is 1.37. The van der Waals surface area contributed by atoms with Crippen molar-refractivity contribution >= 4 is 51.8 Å². The van der Waals surface area contributed by atoms with Crippen LogP contribution in [0.1, 0.15) is 5.56 Å². The first-order chi connectivity index (χ1) is 14.6. The first-order valence-electron chi connectivity index (χ1n) is 9.69. The molecule has 1 saturated heterocycles. The van der Waals surface area contributed by atoms with Gasteiger partial charge in [0.2, 0.25) is 0 Å². The predicted molar refractivity (Wildman–Crippen MR) is 123 cm³/mol. The highest BCUT2D eigenvalue weighted by atomic mass is 35.5. The van der Waals surface area contributed by atoms with E-state index in [4.69, 9.17) is 33.3 Å². The van der Waals surface area contributed by atoms with Crippen molar-refractivity contribution in [2.45, 2.75) is 0 Å². The molecule has 0 unspecified atom stereocenters. The molecule has 1 N–H and O–H groups in total. The van der Waals surface area contributed by atoms with Crippen molar-refractivity contribution in [3.8, 4) is 5.75 Å². The van der Waals surface area contributed by atoms with Gasteiger partial charge in [-0.25, -0.2) is 0 Å². The highest BCUT2D eigenvalue weighted by molar-refractivity contribution is 6.42. The molecule has 0 saturated carbocycles. The van der Waals surface area contributed by atoms with Crippen molar-refractivity contribution in [3.05, 3.63) is 70.2 Å². The van der Waals surface area contributed by atoms with E-state index in [9.17, 15) is 4.79 Å². The second-order valence-electron chi connectivity index (χ2n) is 7.10. The topological polar surface area (TPSA) is 56.6 Å². The summed E-state index contributed by atoms with van der Waals surface area (Å²) in [6.07, 6.45) is 1.32. The normalized spacial score (nSPS) is 14.1. The Morgan fingerprint density at radius 3 is 2.40 bits per heavy atom. The fourth-order valence-electron chi connectivity index (χ4n) is 3.67. The van der Waals surface area contributed by atoms with E-state index in [1.54, 1.807) is 6.07 Å². The lowest BCUT2D eigenvalue weighted by Crippen LogP contribution is -2.50. The molecular weight excluding hydrogens is 421 g/mol. The predicted octanol–water partition coefficient (Wildman–Crippen LogP) is 4.87. The Kier molecular flexibility index (Phi) is 6.11. The quantitative estimate of drug-likeness (QED) is 0.574. The van der Waals surface area contributed by atoms with Crippen LogP contribution in [0.2, 0.25) is 10.0 Å². The molecule has 1 aliphatic heterocycles. The van der Waals surface area contributed by atoms with E-state index in [-0.39, 0.29) is 12.5 Å². The summed E-state index contributed by atoms with van der Waals surface area (Å²) in [4.78, 5) is 16.7. The smallest absolute Gasteiger partial charge is 0.260 e. The lowest BCUT2D eigenvalue weighted by Gasteiger charge is -2.36. The summed E-state index contributed by atoms with van der Waals surface area (Å²) in [5.41, 5.74) is 1.83. The van der Waals surface area contributed by atoms with Crippen LogP contribution in [0.15, 0.2) is 54.6 Å². The summed E-state index contributed by atoms with van der Waals surface area (Å²) in [7, 11) is 0. The van der Waals surface area contributed by atoms with Crippen molar-refractivity contribution < 1.29 is 9.53 Å². The van der Waals surface area contributed by atoms with Crippen LogP contribution >= 0.6 is 23.2 Å². The van der Waals surface area contributed by atoms with Crippen molar-refractivity contribution in [2.75, 3.05) is 37.7 Å². The third kappa shape index (κ3) is 4.23. The van der Waals surface area contributed by atoms with Gasteiger partial charge in [0.25, 0.3) is 5.91 Å². The zero-order valence-corrected chi connectivity index (χ0v) is 17.8. The van der Waals surface area contributed by atoms with Gasteiger partial charge in [0.05, 0.1) is 10.0 Å². The molecule has 5 nitrogen and oxygen atoms in total. The molecule has 3 aromatic rings. The number of ether oxygens (including phenoxy) is 1. The van der Waals surface area contributed by atoms with Crippen LogP contribution in [0.3, 0.4) is 0 Å². The number of piperazine rings is 1. The van der Waals surface area contributed by atoms with E-state index in [0.29, 0.717) is 28.9 Å². The molecule has 7 heteroatoms. The van der Waals surface area contributed by atoms with Crippen LogP contribution in [0, 0.1) is 5.41 Å². The van der Waals surface area contributed by atoms with Gasteiger partial charge in [0, 0.05) is 49.0 Å². The highest BCUT2D eigenvalue weighted by Gasteiger charge is 2.22. The largest absolute Gasteiger partial charge is 0.483 e. The minimum atomic E-state index is -0.0380. The Bertz CT molecular complexity index is 1090. The number of benzene rings is 3. The van der Waals surface area contributed by atoms with Crippen molar-refractivity contribution in [1.29, 1.82) is 5.41 Å². The van der Waals surface area contributed by atoms with E-state index < -0.39 is 0 Å². The highest BCUT2D eigenvalue weighted by Crippen LogP contribution is 2.29. The number of carbonyl (C=O) groups is 1. The summed E-state index contributed by atoms with van der Waals surface area (Å²) in [5.74, 6) is 0.614. The van der Waals surface area contributed by atoms with Crippen LogP contribution in [-0.4, -0.2) is 49.8 Å². The maximum atomic E-state index is 12.7. The SMILES string of the molecule is N=Cc1ccc(OCC(=O)N2CCN(c3ccc(Cl)c(Cl)c3)CC2)c2ccccc12. The maximum absolute atomic E-state index is 12.7. The van der Waals surface area contributed by atoms with E-state index in [1.807, 2.05) is 53.4 Å². The summed E-state index contributed by atoms with van der Waals surface area (Å²) >= 11 is 12.1. The molecule has 30 heavy (non-hydrogen) atoms. The van der Waals surface area contributed by atoms with Crippen LogP contribution in [0.4, 0.5) is 5.69 Å². The van der Waals surface area contributed by atoms with E-state index >= 15 is 0 Å². The molecule has 1 amide bonds. The molecule has 0 aliphatic carbocycles. The summed E-state index contributed by atoms with van der Waals surface area (Å²) in [6.45, 7) is 2.67. The third-order valence-corrected chi connectivity index (χ3v) is 6.06. The molecule has 0 spiro atoms. The summed E-state index contributed by atoms with van der Waals surface area (Å²) in [5, 5.41) is 10.5. The van der Waals surface area contributed by atoms with Gasteiger partial charge in [0.15, 0.2) is 6.61 Å². The summed E-state index contributed by atoms with van der Waals surface area (Å²) in [6, 6.07) is 17.0. The Hall–Kier alpha value is -2.76. The van der Waals surface area contributed by atoms with Gasteiger partial charge >= 0.3 is 0 Å². The standard InChI is InChI=1S/C23H21Cl2N3O2/c24-20-7-6-17(13-21(20)25)27-9-11-28(12-10-27)23(29)15-30-22-8-5-16(14-26)18-3-1-2-4-19(18)22/h1-8,13-14,26H,9-12,15H2. The minimum absolute atomic E-state index is 0.0132. The number of nitrogens with one attached hydrogen (secondary N) is 1. The molecule has 4 rings (SSSR count). The van der Waals surface area contributed by atoms with Crippen LogP contribution in [0.25, 0.3) is 10.8 Å². The minimum Gasteiger partial charge on any atom is -0.483 e. The monoisotopic (exact) mass is 441 g/mol. The molecule has 1 aliphatic rings. The number of hydrogen-bond donors (Lipinski definition) is 1. The molecule has 0 bridgehead atoms. The molecular formula is C23H21Cl2N3O2. The maximum Gasteiger partial charge on any atom is 0.260 e. The van der Waals surface area contributed by atoms with Gasteiger partial charge in [-0.15, -0.1) is 0 Å². The number of fused-ring (bicyclic) bond motifs is 1. The van der Waals surface area contributed by atoms with Gasteiger partial charge in [-0.2, -0.15) is 0 Å². The average molecular weight is 442 g/mol. The lowest BCUT2D eigenvalue weighted by molar-refractivity contribution is -0.133. The van der Waals surface area contributed by atoms with Crippen molar-refractivity contribution in [1.82, 2.24) is 4.90 Å². The van der Waals surface area contributed by atoms with Gasteiger partial charge < -0.3 is 19.9 Å². The molecule has 0 aromatic heterocycles. The number of anilines is 1. The number of rotatable bonds is 5. The Labute approximate surface area is 185 Å². The van der Waals surface area contributed by atoms with Crippen molar-refractivity contribution in [2.24, 2.45) is 0 Å². The molecule has 3 aromatic carbocycles. The average Bonchev–Trinajstić information content (AvgIpc) is 2.79. The second-order valence-corrected chi connectivity index (χ2v) is 7.91. The van der Waals surface area contributed by atoms with E-state index in [2.05, 4.69) is 4.90 Å². The van der Waals surface area contributed by atoms with Crippen molar-refractivity contribution in [3.63, 3.8) is 0 Å². The van der Waals surface area contributed by atoms with Crippen LogP contribution in [-0.2, 0) is 4.79 Å². The summed E-state index contributed by atoms with van der Waals surface area (Å²) < 4.78 is 5.86. The van der Waals surface area contributed by atoms with Gasteiger partial charge in [-0.1, -0.05) is 47.5 Å². The van der Waals surface area contributed by atoms with Gasteiger partial charge in [-0.05, 0) is 35.7 Å². The first kappa shape index (κ1) is 20.5. The Morgan fingerprint density at radius 2 is 1.70 bits per heavy atom. The first-order valence-corrected chi connectivity index (χ1v) is 10.4. The van der Waals surface area contributed by atoms with E-state index in [0.717, 1.165) is 35.1 Å².